The van der Waals surface area contributed by atoms with Crippen molar-refractivity contribution in [1.82, 2.24) is 0 Å². The fourth-order valence-corrected chi connectivity index (χ4v) is 1.38. The van der Waals surface area contributed by atoms with E-state index in [9.17, 15) is 0 Å². The quantitative estimate of drug-likeness (QED) is 0.602. The van der Waals surface area contributed by atoms with Gasteiger partial charge in [0.1, 0.15) is 0 Å². The van der Waals surface area contributed by atoms with Crippen molar-refractivity contribution < 1.29 is 0 Å². The molecule has 1 atom stereocenters. The molecule has 11 heavy (non-hydrogen) atoms. The van der Waals surface area contributed by atoms with Crippen LogP contribution in [0.3, 0.4) is 0 Å². The van der Waals surface area contributed by atoms with Crippen LogP contribution in [0.1, 0.15) is 39.5 Å². The molecule has 1 heteroatoms. The van der Waals surface area contributed by atoms with Crippen LogP contribution in [0, 0.1) is 18.3 Å². The molecule has 0 saturated heterocycles. The Hall–Kier alpha value is -0.480. The van der Waals surface area contributed by atoms with E-state index in [4.69, 9.17) is 12.2 Å². The summed E-state index contributed by atoms with van der Waals surface area (Å²) in [6.07, 6.45) is 9.28. The number of hydrogen-bond acceptors (Lipinski definition) is 1. The molecule has 0 fully saturated rings. The predicted molar refractivity (Wildman–Crippen MR) is 50.1 cm³/mol. The maximum Gasteiger partial charge on any atom is 0.0101 e. The third-order valence-electron chi connectivity index (χ3n) is 2.28. The van der Waals surface area contributed by atoms with Gasteiger partial charge in [0.2, 0.25) is 0 Å². The standard InChI is InChI=1S/C10H19N/c1-4-7-8-10(11)9(5-2)6-3/h1,9-10H,5-8,11H2,2-3H3. The second kappa shape index (κ2) is 6.24. The molecule has 0 aromatic heterocycles. The van der Waals surface area contributed by atoms with Gasteiger partial charge in [-0.3, -0.25) is 0 Å². The minimum absolute atomic E-state index is 0.307. The lowest BCUT2D eigenvalue weighted by molar-refractivity contribution is 0.381. The van der Waals surface area contributed by atoms with Crippen LogP contribution in [0.5, 0.6) is 0 Å². The number of terminal acetylenes is 1. The van der Waals surface area contributed by atoms with Crippen LogP contribution in [-0.2, 0) is 0 Å². The molecule has 0 radical (unpaired) electrons. The lowest BCUT2D eigenvalue weighted by atomic mass is 9.92. The van der Waals surface area contributed by atoms with Gasteiger partial charge in [-0.25, -0.2) is 0 Å². The second-order valence-electron chi connectivity index (χ2n) is 2.98. The van der Waals surface area contributed by atoms with Crippen LogP contribution in [0.4, 0.5) is 0 Å². The highest BCUT2D eigenvalue weighted by Gasteiger charge is 2.12. The van der Waals surface area contributed by atoms with E-state index in [1.54, 1.807) is 0 Å². The zero-order valence-corrected chi connectivity index (χ0v) is 7.64. The predicted octanol–water partition coefficient (Wildman–Crippen LogP) is 2.16. The summed E-state index contributed by atoms with van der Waals surface area (Å²) in [6, 6.07) is 0.307. The van der Waals surface area contributed by atoms with Gasteiger partial charge in [-0.05, 0) is 12.3 Å². The second-order valence-corrected chi connectivity index (χ2v) is 2.98. The first-order valence-electron chi connectivity index (χ1n) is 4.45. The Kier molecular flexibility index (Phi) is 5.97. The minimum Gasteiger partial charge on any atom is -0.327 e. The van der Waals surface area contributed by atoms with Crippen molar-refractivity contribution in [2.45, 2.75) is 45.6 Å². The Morgan fingerprint density at radius 2 is 1.91 bits per heavy atom. The van der Waals surface area contributed by atoms with Crippen LogP contribution in [-0.4, -0.2) is 6.04 Å². The van der Waals surface area contributed by atoms with E-state index in [0.717, 1.165) is 12.8 Å². The summed E-state index contributed by atoms with van der Waals surface area (Å²) < 4.78 is 0. The van der Waals surface area contributed by atoms with Gasteiger partial charge in [-0.2, -0.15) is 0 Å². The van der Waals surface area contributed by atoms with Crippen LogP contribution in [0.15, 0.2) is 0 Å². The van der Waals surface area contributed by atoms with Gasteiger partial charge < -0.3 is 5.73 Å². The largest absolute Gasteiger partial charge is 0.327 e. The lowest BCUT2D eigenvalue weighted by Gasteiger charge is -2.19. The normalized spacial score (nSPS) is 13.0. The monoisotopic (exact) mass is 153 g/mol. The number of rotatable bonds is 5. The van der Waals surface area contributed by atoms with E-state index in [0.29, 0.717) is 12.0 Å². The fraction of sp³-hybridized carbons (Fsp3) is 0.800. The van der Waals surface area contributed by atoms with Gasteiger partial charge in [0.05, 0.1) is 0 Å². The molecule has 1 unspecified atom stereocenters. The highest BCUT2D eigenvalue weighted by molar-refractivity contribution is 4.86. The first-order chi connectivity index (χ1) is 5.26. The summed E-state index contributed by atoms with van der Waals surface area (Å²) in [5.74, 6) is 3.28. The average molecular weight is 153 g/mol. The average Bonchev–Trinajstić information content (AvgIpc) is 2.03. The SMILES string of the molecule is C#CCCC(N)C(CC)CC. The summed E-state index contributed by atoms with van der Waals surface area (Å²) in [5.41, 5.74) is 5.93. The third-order valence-corrected chi connectivity index (χ3v) is 2.28. The Morgan fingerprint density at radius 1 is 1.36 bits per heavy atom. The first-order valence-corrected chi connectivity index (χ1v) is 4.45. The third kappa shape index (κ3) is 4.06. The van der Waals surface area contributed by atoms with Gasteiger partial charge in [0.25, 0.3) is 0 Å². The van der Waals surface area contributed by atoms with E-state index in [-0.39, 0.29) is 0 Å². The summed E-state index contributed by atoms with van der Waals surface area (Å²) in [7, 11) is 0. The Labute approximate surface area is 70.4 Å². The van der Waals surface area contributed by atoms with Crippen molar-refractivity contribution in [2.24, 2.45) is 11.7 Å². The molecule has 0 saturated carbocycles. The Balaban J connectivity index is 3.61. The molecule has 0 amide bonds. The minimum atomic E-state index is 0.307. The molecule has 0 spiro atoms. The molecular formula is C10H19N. The number of nitrogens with two attached hydrogens (primary N) is 1. The molecule has 0 aliphatic carbocycles. The van der Waals surface area contributed by atoms with Crippen LogP contribution >= 0.6 is 0 Å². The Morgan fingerprint density at radius 3 is 2.27 bits per heavy atom. The number of hydrogen-bond donors (Lipinski definition) is 1. The van der Waals surface area contributed by atoms with E-state index >= 15 is 0 Å². The van der Waals surface area contributed by atoms with Crippen LogP contribution in [0.2, 0.25) is 0 Å². The molecule has 0 rings (SSSR count). The molecule has 0 aliphatic heterocycles. The summed E-state index contributed by atoms with van der Waals surface area (Å²) in [4.78, 5) is 0. The van der Waals surface area contributed by atoms with E-state index < -0.39 is 0 Å². The molecule has 1 nitrogen and oxygen atoms in total. The molecule has 64 valence electrons. The van der Waals surface area contributed by atoms with Gasteiger partial charge >= 0.3 is 0 Å². The zero-order chi connectivity index (χ0) is 8.69. The lowest BCUT2D eigenvalue weighted by Crippen LogP contribution is -2.29. The highest BCUT2D eigenvalue weighted by atomic mass is 14.6. The zero-order valence-electron chi connectivity index (χ0n) is 7.64. The van der Waals surface area contributed by atoms with Crippen LogP contribution < -0.4 is 5.73 Å². The fourth-order valence-electron chi connectivity index (χ4n) is 1.38. The molecule has 0 aromatic carbocycles. The van der Waals surface area contributed by atoms with Crippen molar-refractivity contribution >= 4 is 0 Å². The van der Waals surface area contributed by atoms with Gasteiger partial charge in [-0.1, -0.05) is 26.7 Å². The summed E-state index contributed by atoms with van der Waals surface area (Å²) in [6.45, 7) is 4.37. The summed E-state index contributed by atoms with van der Waals surface area (Å²) in [5, 5.41) is 0. The van der Waals surface area contributed by atoms with E-state index in [1.165, 1.54) is 12.8 Å². The van der Waals surface area contributed by atoms with Gasteiger partial charge in [-0.15, -0.1) is 12.3 Å². The van der Waals surface area contributed by atoms with E-state index in [1.807, 2.05) is 0 Å². The highest BCUT2D eigenvalue weighted by Crippen LogP contribution is 2.14. The molecule has 0 aromatic rings. The topological polar surface area (TPSA) is 26.0 Å². The summed E-state index contributed by atoms with van der Waals surface area (Å²) >= 11 is 0. The first kappa shape index (κ1) is 10.5. The smallest absolute Gasteiger partial charge is 0.0101 e. The molecular weight excluding hydrogens is 134 g/mol. The maximum atomic E-state index is 5.93. The van der Waals surface area contributed by atoms with Crippen molar-refractivity contribution in [3.05, 3.63) is 0 Å². The van der Waals surface area contributed by atoms with Crippen LogP contribution in [0.25, 0.3) is 0 Å². The molecule has 0 aliphatic rings. The molecule has 2 N–H and O–H groups in total. The van der Waals surface area contributed by atoms with E-state index in [2.05, 4.69) is 19.8 Å². The van der Waals surface area contributed by atoms with Crippen molar-refractivity contribution in [1.29, 1.82) is 0 Å². The maximum absolute atomic E-state index is 5.93. The van der Waals surface area contributed by atoms with Gasteiger partial charge in [0, 0.05) is 12.5 Å². The van der Waals surface area contributed by atoms with Gasteiger partial charge in [0.15, 0.2) is 0 Å². The van der Waals surface area contributed by atoms with Crippen molar-refractivity contribution in [3.63, 3.8) is 0 Å². The molecule has 0 bridgehead atoms. The van der Waals surface area contributed by atoms with Crippen molar-refractivity contribution in [2.75, 3.05) is 0 Å². The molecule has 0 heterocycles. The Bertz CT molecular complexity index is 119. The van der Waals surface area contributed by atoms with Crippen molar-refractivity contribution in [3.8, 4) is 12.3 Å².